The summed E-state index contributed by atoms with van der Waals surface area (Å²) in [5, 5.41) is 7.56. The molecule has 0 radical (unpaired) electrons. The van der Waals surface area contributed by atoms with Crippen LogP contribution in [0.2, 0.25) is 0 Å². The summed E-state index contributed by atoms with van der Waals surface area (Å²) in [5.74, 6) is 0.495. The minimum Gasteiger partial charge on any atom is -0.382 e. The van der Waals surface area contributed by atoms with Crippen molar-refractivity contribution in [2.45, 2.75) is 0 Å². The highest BCUT2D eigenvalue weighted by atomic mass is 35.5. The number of pyridine rings is 1. The molecular formula is C6H7ClN4. The first kappa shape index (κ1) is 7.81. The monoisotopic (exact) mass is 170 g/mol. The van der Waals surface area contributed by atoms with Crippen LogP contribution in [0, 0.1) is 0 Å². The van der Waals surface area contributed by atoms with E-state index in [1.807, 2.05) is 6.07 Å². The minimum atomic E-state index is 0. The maximum Gasteiger partial charge on any atom is 0.149 e. The highest BCUT2D eigenvalue weighted by molar-refractivity contribution is 5.86. The molecule has 5 heteroatoms. The van der Waals surface area contributed by atoms with Gasteiger partial charge in [-0.2, -0.15) is 5.10 Å². The zero-order valence-electron chi connectivity index (χ0n) is 5.61. The number of nitrogens with one attached hydrogen (secondary N) is 1. The van der Waals surface area contributed by atoms with Crippen molar-refractivity contribution in [2.24, 2.45) is 0 Å². The number of aromatic amines is 1. The molecule has 0 aliphatic carbocycles. The Hall–Kier alpha value is -1.29. The number of nitrogen functional groups attached to an aromatic ring is 1. The molecule has 0 unspecified atom stereocenters. The Morgan fingerprint density at radius 3 is 3.00 bits per heavy atom. The molecule has 0 amide bonds. The Kier molecular flexibility index (Phi) is 1.96. The van der Waals surface area contributed by atoms with Gasteiger partial charge in [0.1, 0.15) is 11.3 Å². The maximum atomic E-state index is 5.52. The average molecular weight is 171 g/mol. The second-order valence-electron chi connectivity index (χ2n) is 2.03. The number of nitrogens with two attached hydrogens (primary N) is 1. The molecule has 0 saturated carbocycles. The molecule has 0 aliphatic heterocycles. The molecule has 2 rings (SSSR count). The summed E-state index contributed by atoms with van der Waals surface area (Å²) in [4.78, 5) is 3.89. The molecule has 2 heterocycles. The summed E-state index contributed by atoms with van der Waals surface area (Å²) >= 11 is 0. The van der Waals surface area contributed by atoms with Gasteiger partial charge in [-0.3, -0.25) is 5.10 Å². The molecular weight excluding hydrogens is 164 g/mol. The van der Waals surface area contributed by atoms with Gasteiger partial charge >= 0.3 is 0 Å². The van der Waals surface area contributed by atoms with Gasteiger partial charge in [-0.1, -0.05) is 0 Å². The molecule has 11 heavy (non-hydrogen) atoms. The zero-order valence-corrected chi connectivity index (χ0v) is 6.43. The van der Waals surface area contributed by atoms with E-state index in [1.165, 1.54) is 0 Å². The molecule has 0 fully saturated rings. The number of rotatable bonds is 0. The van der Waals surface area contributed by atoms with Crippen molar-refractivity contribution in [1.82, 2.24) is 15.2 Å². The highest BCUT2D eigenvalue weighted by Gasteiger charge is 1.97. The minimum absolute atomic E-state index is 0. The first-order valence-electron chi connectivity index (χ1n) is 2.91. The summed E-state index contributed by atoms with van der Waals surface area (Å²) < 4.78 is 0. The van der Waals surface area contributed by atoms with E-state index in [-0.39, 0.29) is 12.4 Å². The van der Waals surface area contributed by atoms with Crippen molar-refractivity contribution in [2.75, 3.05) is 5.73 Å². The molecule has 0 bridgehead atoms. The Bertz CT molecular complexity index is 356. The van der Waals surface area contributed by atoms with Crippen LogP contribution < -0.4 is 5.73 Å². The molecule has 3 N–H and O–H groups in total. The standard InChI is InChI=1S/C6H6N4.ClH/c7-6-5-4(1-2-8-6)3-9-10-5;/h1-3H,(H2,7,8)(H,9,10);1H. The molecule has 58 valence electrons. The number of nitrogens with zero attached hydrogens (tertiary/aromatic N) is 2. The topological polar surface area (TPSA) is 67.6 Å². The highest BCUT2D eigenvalue weighted by Crippen LogP contribution is 2.13. The lowest BCUT2D eigenvalue weighted by atomic mass is 10.3. The predicted molar refractivity (Wildman–Crippen MR) is 45.5 cm³/mol. The molecule has 0 atom stereocenters. The van der Waals surface area contributed by atoms with E-state index in [2.05, 4.69) is 15.2 Å². The van der Waals surface area contributed by atoms with Crippen molar-refractivity contribution in [1.29, 1.82) is 0 Å². The summed E-state index contributed by atoms with van der Waals surface area (Å²) in [6.07, 6.45) is 3.38. The van der Waals surface area contributed by atoms with Crippen molar-refractivity contribution >= 4 is 29.1 Å². The van der Waals surface area contributed by atoms with Crippen molar-refractivity contribution in [3.8, 4) is 0 Å². The van der Waals surface area contributed by atoms with Gasteiger partial charge in [0.05, 0.1) is 6.20 Å². The molecule has 0 saturated heterocycles. The van der Waals surface area contributed by atoms with Gasteiger partial charge < -0.3 is 5.73 Å². The van der Waals surface area contributed by atoms with Crippen LogP contribution in [0.25, 0.3) is 10.9 Å². The molecule has 4 nitrogen and oxygen atoms in total. The van der Waals surface area contributed by atoms with E-state index >= 15 is 0 Å². The van der Waals surface area contributed by atoms with Crippen molar-refractivity contribution in [3.63, 3.8) is 0 Å². The Morgan fingerprint density at radius 1 is 1.45 bits per heavy atom. The second kappa shape index (κ2) is 2.75. The van der Waals surface area contributed by atoms with Gasteiger partial charge in [0.15, 0.2) is 0 Å². The Morgan fingerprint density at radius 2 is 2.27 bits per heavy atom. The fourth-order valence-corrected chi connectivity index (χ4v) is 0.889. The fraction of sp³-hybridized carbons (Fsp3) is 0. The summed E-state index contributed by atoms with van der Waals surface area (Å²) in [7, 11) is 0. The Balaban J connectivity index is 0.000000605. The average Bonchev–Trinajstić information content (AvgIpc) is 2.36. The zero-order chi connectivity index (χ0) is 6.97. The van der Waals surface area contributed by atoms with Gasteiger partial charge in [-0.25, -0.2) is 4.98 Å². The number of aromatic nitrogens is 3. The molecule has 0 aromatic carbocycles. The third kappa shape index (κ3) is 1.12. The van der Waals surface area contributed by atoms with Crippen LogP contribution in [0.4, 0.5) is 5.82 Å². The van der Waals surface area contributed by atoms with Crippen LogP contribution in [-0.2, 0) is 0 Å². The largest absolute Gasteiger partial charge is 0.382 e. The lowest BCUT2D eigenvalue weighted by molar-refractivity contribution is 1.12. The van der Waals surface area contributed by atoms with Crippen LogP contribution in [0.3, 0.4) is 0 Å². The maximum absolute atomic E-state index is 5.52. The summed E-state index contributed by atoms with van der Waals surface area (Å²) in [6.45, 7) is 0. The predicted octanol–water partition coefficient (Wildman–Crippen LogP) is 0.962. The van der Waals surface area contributed by atoms with Gasteiger partial charge in [0.25, 0.3) is 0 Å². The van der Waals surface area contributed by atoms with E-state index in [0.717, 1.165) is 10.9 Å². The lowest BCUT2D eigenvalue weighted by Gasteiger charge is -1.90. The Labute approximate surface area is 69.2 Å². The number of H-pyrrole nitrogens is 1. The summed E-state index contributed by atoms with van der Waals surface area (Å²) in [6, 6.07) is 1.86. The molecule has 0 spiro atoms. The first-order valence-corrected chi connectivity index (χ1v) is 2.91. The molecule has 0 aliphatic rings. The third-order valence-corrected chi connectivity index (χ3v) is 1.39. The first-order chi connectivity index (χ1) is 4.88. The quantitative estimate of drug-likeness (QED) is 0.619. The van der Waals surface area contributed by atoms with E-state index in [0.29, 0.717) is 5.82 Å². The fourth-order valence-electron chi connectivity index (χ4n) is 0.889. The number of anilines is 1. The van der Waals surface area contributed by atoms with Gasteiger partial charge in [0.2, 0.25) is 0 Å². The second-order valence-corrected chi connectivity index (χ2v) is 2.03. The van der Waals surface area contributed by atoms with Crippen LogP contribution in [-0.4, -0.2) is 15.2 Å². The van der Waals surface area contributed by atoms with Gasteiger partial charge in [-0.15, -0.1) is 12.4 Å². The SMILES string of the molecule is Cl.Nc1nccc2cn[nH]c12. The van der Waals surface area contributed by atoms with E-state index < -0.39 is 0 Å². The van der Waals surface area contributed by atoms with E-state index in [1.54, 1.807) is 12.4 Å². The van der Waals surface area contributed by atoms with Crippen LogP contribution in [0.15, 0.2) is 18.5 Å². The number of hydrogen-bond donors (Lipinski definition) is 2. The van der Waals surface area contributed by atoms with Crippen molar-refractivity contribution < 1.29 is 0 Å². The van der Waals surface area contributed by atoms with Gasteiger partial charge in [-0.05, 0) is 6.07 Å². The number of hydrogen-bond acceptors (Lipinski definition) is 3. The molecule has 2 aromatic rings. The molecule has 2 aromatic heterocycles. The van der Waals surface area contributed by atoms with Gasteiger partial charge in [0, 0.05) is 11.6 Å². The number of halogens is 1. The lowest BCUT2D eigenvalue weighted by Crippen LogP contribution is -1.89. The number of fused-ring (bicyclic) bond motifs is 1. The van der Waals surface area contributed by atoms with Crippen molar-refractivity contribution in [3.05, 3.63) is 18.5 Å². The van der Waals surface area contributed by atoms with Crippen LogP contribution in [0.1, 0.15) is 0 Å². The summed E-state index contributed by atoms with van der Waals surface area (Å²) in [5.41, 5.74) is 6.33. The van der Waals surface area contributed by atoms with Crippen LogP contribution in [0.5, 0.6) is 0 Å². The van der Waals surface area contributed by atoms with E-state index in [9.17, 15) is 0 Å². The smallest absolute Gasteiger partial charge is 0.149 e. The third-order valence-electron chi connectivity index (χ3n) is 1.39. The normalized spacial score (nSPS) is 9.45. The van der Waals surface area contributed by atoms with Crippen LogP contribution >= 0.6 is 12.4 Å². The van der Waals surface area contributed by atoms with E-state index in [4.69, 9.17) is 5.73 Å².